The first-order chi connectivity index (χ1) is 14.8. The summed E-state index contributed by atoms with van der Waals surface area (Å²) in [5.74, 6) is 0.198. The van der Waals surface area contributed by atoms with Gasteiger partial charge in [-0.3, -0.25) is 9.69 Å². The van der Waals surface area contributed by atoms with Crippen LogP contribution in [0.15, 0.2) is 101 Å². The first-order valence-electron chi connectivity index (χ1n) is 8.92. The fourth-order valence-electron chi connectivity index (χ4n) is 2.81. The average molecular weight is 566 g/mol. The van der Waals surface area contributed by atoms with Crippen molar-refractivity contribution in [1.82, 2.24) is 4.98 Å². The number of carbonyl (C=O) groups excluding carboxylic acids is 1. The van der Waals surface area contributed by atoms with E-state index in [9.17, 15) is 13.2 Å². The molecule has 0 fully saturated rings. The summed E-state index contributed by atoms with van der Waals surface area (Å²) in [5.41, 5.74) is 0. The van der Waals surface area contributed by atoms with E-state index in [0.29, 0.717) is 16.2 Å². The number of hydrogen-bond acceptors (Lipinski definition) is 6. The van der Waals surface area contributed by atoms with E-state index in [4.69, 9.17) is 8.83 Å². The molecule has 4 aromatic rings. The maximum Gasteiger partial charge on any atom is 0.295 e. The zero-order valence-electron chi connectivity index (χ0n) is 15.7. The Hall–Kier alpha value is -2.69. The standard InChI is InChI=1S/C21H14Br2N2O5S/c22-14-4-7-16(8-5-14)31(27,28)20-11-9-17(30-20)21(26)25(19-3-1-2-12-24-19)13-15-6-10-18(23)29-15/h1-12H,13H2. The Morgan fingerprint density at radius 1 is 0.935 bits per heavy atom. The van der Waals surface area contributed by atoms with E-state index in [0.717, 1.165) is 4.47 Å². The first-order valence-corrected chi connectivity index (χ1v) is 12.0. The maximum absolute atomic E-state index is 13.2. The molecule has 0 aliphatic rings. The van der Waals surface area contributed by atoms with Gasteiger partial charge in [0.05, 0.1) is 11.4 Å². The molecule has 0 saturated heterocycles. The predicted molar refractivity (Wildman–Crippen MR) is 119 cm³/mol. The summed E-state index contributed by atoms with van der Waals surface area (Å²) < 4.78 is 38.0. The van der Waals surface area contributed by atoms with Gasteiger partial charge in [-0.15, -0.1) is 0 Å². The fourth-order valence-corrected chi connectivity index (χ4v) is 4.58. The topological polar surface area (TPSA) is 93.6 Å². The second-order valence-corrected chi connectivity index (χ2v) is 9.94. The van der Waals surface area contributed by atoms with E-state index in [-0.39, 0.29) is 22.3 Å². The Bertz CT molecular complexity index is 1320. The molecule has 3 aromatic heterocycles. The SMILES string of the molecule is O=C(c1ccc(S(=O)(=O)c2ccc(Br)cc2)o1)N(Cc1ccc(Br)o1)c1ccccn1. The van der Waals surface area contributed by atoms with Crippen LogP contribution in [-0.2, 0) is 16.4 Å². The molecular formula is C21H14Br2N2O5S. The number of sulfone groups is 1. The summed E-state index contributed by atoms with van der Waals surface area (Å²) in [4.78, 5) is 18.9. The highest BCUT2D eigenvalue weighted by molar-refractivity contribution is 9.10. The molecule has 1 amide bonds. The quantitative estimate of drug-likeness (QED) is 0.307. The van der Waals surface area contributed by atoms with Crippen LogP contribution >= 0.6 is 31.9 Å². The minimum absolute atomic E-state index is 0.0612. The molecular weight excluding hydrogens is 552 g/mol. The number of hydrogen-bond donors (Lipinski definition) is 0. The molecule has 0 aliphatic carbocycles. The van der Waals surface area contributed by atoms with Crippen molar-refractivity contribution >= 4 is 53.4 Å². The van der Waals surface area contributed by atoms with Gasteiger partial charge in [-0.25, -0.2) is 13.4 Å². The lowest BCUT2D eigenvalue weighted by Gasteiger charge is -2.19. The Morgan fingerprint density at radius 3 is 2.35 bits per heavy atom. The summed E-state index contributed by atoms with van der Waals surface area (Å²) in [6.07, 6.45) is 1.55. The number of anilines is 1. The van der Waals surface area contributed by atoms with Gasteiger partial charge >= 0.3 is 0 Å². The molecule has 0 atom stereocenters. The van der Waals surface area contributed by atoms with E-state index in [2.05, 4.69) is 36.8 Å². The van der Waals surface area contributed by atoms with Gasteiger partial charge < -0.3 is 8.83 Å². The van der Waals surface area contributed by atoms with Gasteiger partial charge in [-0.2, -0.15) is 0 Å². The van der Waals surface area contributed by atoms with Crippen LogP contribution in [0.5, 0.6) is 0 Å². The normalized spacial score (nSPS) is 11.4. The molecule has 0 N–H and O–H groups in total. The Balaban J connectivity index is 1.66. The van der Waals surface area contributed by atoms with E-state index < -0.39 is 15.7 Å². The molecule has 0 saturated carbocycles. The van der Waals surface area contributed by atoms with Crippen LogP contribution < -0.4 is 4.90 Å². The Morgan fingerprint density at radius 2 is 1.71 bits per heavy atom. The van der Waals surface area contributed by atoms with Gasteiger partial charge in [0.2, 0.25) is 14.9 Å². The Labute approximate surface area is 194 Å². The molecule has 1 aromatic carbocycles. The van der Waals surface area contributed by atoms with Crippen LogP contribution in [0.4, 0.5) is 5.82 Å². The van der Waals surface area contributed by atoms with Crippen LogP contribution in [-0.4, -0.2) is 19.3 Å². The Kier molecular flexibility index (Phi) is 6.12. The number of carbonyl (C=O) groups is 1. The van der Waals surface area contributed by atoms with Crippen LogP contribution in [0.2, 0.25) is 0 Å². The number of rotatable bonds is 6. The molecule has 4 rings (SSSR count). The molecule has 31 heavy (non-hydrogen) atoms. The predicted octanol–water partition coefficient (Wildman–Crippen LogP) is 5.47. The summed E-state index contributed by atoms with van der Waals surface area (Å²) in [7, 11) is -3.91. The van der Waals surface area contributed by atoms with Crippen molar-refractivity contribution < 1.29 is 22.0 Å². The molecule has 0 spiro atoms. The third-order valence-electron chi connectivity index (χ3n) is 4.29. The molecule has 10 heteroatoms. The maximum atomic E-state index is 13.2. The van der Waals surface area contributed by atoms with Crippen molar-refractivity contribution in [3.8, 4) is 0 Å². The minimum Gasteiger partial charge on any atom is -0.452 e. The van der Waals surface area contributed by atoms with Gasteiger partial charge in [-0.1, -0.05) is 22.0 Å². The number of nitrogens with zero attached hydrogens (tertiary/aromatic N) is 2. The number of aromatic nitrogens is 1. The van der Waals surface area contributed by atoms with Crippen LogP contribution in [0.1, 0.15) is 16.3 Å². The van der Waals surface area contributed by atoms with Gasteiger partial charge in [0.15, 0.2) is 10.4 Å². The van der Waals surface area contributed by atoms with Crippen molar-refractivity contribution in [3.05, 3.63) is 93.6 Å². The highest BCUT2D eigenvalue weighted by Gasteiger charge is 2.27. The minimum atomic E-state index is -3.91. The van der Waals surface area contributed by atoms with Gasteiger partial charge in [0.1, 0.15) is 11.6 Å². The number of benzene rings is 1. The molecule has 0 unspecified atom stereocenters. The van der Waals surface area contributed by atoms with Crippen molar-refractivity contribution in [2.45, 2.75) is 16.5 Å². The molecule has 3 heterocycles. The number of amides is 1. The third-order valence-corrected chi connectivity index (χ3v) is 6.89. The summed E-state index contributed by atoms with van der Waals surface area (Å²) in [6.45, 7) is 0.0803. The summed E-state index contributed by atoms with van der Waals surface area (Å²) in [5, 5.41) is -0.320. The largest absolute Gasteiger partial charge is 0.452 e. The van der Waals surface area contributed by atoms with E-state index in [1.165, 1.54) is 29.2 Å². The molecule has 7 nitrogen and oxygen atoms in total. The summed E-state index contributed by atoms with van der Waals surface area (Å²) >= 11 is 6.51. The van der Waals surface area contributed by atoms with Crippen LogP contribution in [0.25, 0.3) is 0 Å². The smallest absolute Gasteiger partial charge is 0.295 e. The van der Waals surface area contributed by atoms with E-state index in [1.807, 2.05) is 0 Å². The highest BCUT2D eigenvalue weighted by atomic mass is 79.9. The zero-order valence-corrected chi connectivity index (χ0v) is 19.7. The van der Waals surface area contributed by atoms with E-state index >= 15 is 0 Å². The second kappa shape index (κ2) is 8.81. The van der Waals surface area contributed by atoms with Gasteiger partial charge in [0.25, 0.3) is 5.91 Å². The van der Waals surface area contributed by atoms with Crippen molar-refractivity contribution in [2.75, 3.05) is 4.90 Å². The lowest BCUT2D eigenvalue weighted by Crippen LogP contribution is -2.30. The highest BCUT2D eigenvalue weighted by Crippen LogP contribution is 2.26. The fraction of sp³-hybridized carbons (Fsp3) is 0.0476. The van der Waals surface area contributed by atoms with Crippen LogP contribution in [0.3, 0.4) is 0 Å². The lowest BCUT2D eigenvalue weighted by molar-refractivity contribution is 0.0950. The number of pyridine rings is 1. The first kappa shape index (κ1) is 21.5. The number of furan rings is 2. The average Bonchev–Trinajstić information content (AvgIpc) is 3.42. The molecule has 158 valence electrons. The van der Waals surface area contributed by atoms with Crippen LogP contribution in [0, 0.1) is 0 Å². The molecule has 0 radical (unpaired) electrons. The van der Waals surface area contributed by atoms with Crippen molar-refractivity contribution in [2.24, 2.45) is 0 Å². The third kappa shape index (κ3) is 4.65. The van der Waals surface area contributed by atoms with Crippen molar-refractivity contribution in [1.29, 1.82) is 0 Å². The monoisotopic (exact) mass is 564 g/mol. The van der Waals surface area contributed by atoms with Crippen molar-refractivity contribution in [3.63, 3.8) is 0 Å². The molecule has 0 aliphatic heterocycles. The summed E-state index contributed by atoms with van der Waals surface area (Å²) in [6, 6.07) is 17.3. The van der Waals surface area contributed by atoms with Gasteiger partial charge in [0, 0.05) is 10.7 Å². The lowest BCUT2D eigenvalue weighted by atomic mass is 10.3. The second-order valence-electron chi connectivity index (χ2n) is 6.36. The number of halogens is 2. The zero-order chi connectivity index (χ0) is 22.0. The van der Waals surface area contributed by atoms with Gasteiger partial charge in [-0.05, 0) is 76.6 Å². The molecule has 0 bridgehead atoms. The van der Waals surface area contributed by atoms with E-state index in [1.54, 1.807) is 48.7 Å².